The lowest BCUT2D eigenvalue weighted by Gasteiger charge is -2.54. The number of nitrogen functional groups attached to an aromatic ring is 1. The molecule has 1 aromatic carbocycles. The molecule has 106 valence electrons. The Balaban J connectivity index is 1.56. The Morgan fingerprint density at radius 2 is 1.70 bits per heavy atom. The van der Waals surface area contributed by atoms with Gasteiger partial charge in [-0.05, 0) is 79.5 Å². The van der Waals surface area contributed by atoms with Crippen molar-refractivity contribution in [2.75, 3.05) is 11.1 Å². The summed E-state index contributed by atoms with van der Waals surface area (Å²) in [5.41, 5.74) is 9.02. The lowest BCUT2D eigenvalue weighted by Crippen LogP contribution is -2.51. The second-order valence-electron chi connectivity index (χ2n) is 7.15. The largest absolute Gasteiger partial charge is 0.398 e. The maximum absolute atomic E-state index is 5.95. The van der Waals surface area contributed by atoms with Crippen LogP contribution in [0.5, 0.6) is 0 Å². The second-order valence-corrected chi connectivity index (χ2v) is 7.15. The Morgan fingerprint density at radius 1 is 1.05 bits per heavy atom. The SMILES string of the molecule is C=Cc1cc(NC2C3CC4CC(C3)CC2C4)ccc1N. The van der Waals surface area contributed by atoms with E-state index in [-0.39, 0.29) is 0 Å². The van der Waals surface area contributed by atoms with Crippen LogP contribution in [-0.4, -0.2) is 6.04 Å². The van der Waals surface area contributed by atoms with Crippen molar-refractivity contribution in [3.63, 3.8) is 0 Å². The van der Waals surface area contributed by atoms with E-state index in [0.717, 1.165) is 34.9 Å². The van der Waals surface area contributed by atoms with Gasteiger partial charge in [0, 0.05) is 17.4 Å². The van der Waals surface area contributed by atoms with Crippen LogP contribution in [0.1, 0.15) is 37.7 Å². The Hall–Kier alpha value is -1.44. The predicted octanol–water partition coefficient (Wildman–Crippen LogP) is 4.15. The molecule has 0 aliphatic heterocycles. The van der Waals surface area contributed by atoms with E-state index in [1.807, 2.05) is 12.1 Å². The van der Waals surface area contributed by atoms with E-state index in [1.54, 1.807) is 0 Å². The van der Waals surface area contributed by atoms with E-state index in [9.17, 15) is 0 Å². The number of nitrogens with one attached hydrogen (secondary N) is 1. The molecule has 0 atom stereocenters. The maximum Gasteiger partial charge on any atom is 0.0388 e. The van der Waals surface area contributed by atoms with Crippen molar-refractivity contribution in [1.29, 1.82) is 0 Å². The van der Waals surface area contributed by atoms with Gasteiger partial charge in [0.05, 0.1) is 0 Å². The number of rotatable bonds is 3. The van der Waals surface area contributed by atoms with Crippen molar-refractivity contribution < 1.29 is 0 Å². The fraction of sp³-hybridized carbons (Fsp3) is 0.556. The van der Waals surface area contributed by atoms with Gasteiger partial charge in [-0.25, -0.2) is 0 Å². The van der Waals surface area contributed by atoms with Crippen LogP contribution < -0.4 is 11.1 Å². The minimum absolute atomic E-state index is 0.684. The molecule has 5 rings (SSSR count). The number of benzene rings is 1. The fourth-order valence-corrected chi connectivity index (χ4v) is 5.19. The standard InChI is InChI=1S/C18H24N2/c1-2-13-10-16(3-4-17(13)19)20-18-14-6-11-5-12(8-14)9-15(18)7-11/h2-4,10-12,14-15,18,20H,1,5-9,19H2. The molecule has 4 aliphatic carbocycles. The molecule has 0 amide bonds. The molecule has 2 nitrogen and oxygen atoms in total. The predicted molar refractivity (Wildman–Crippen MR) is 85.4 cm³/mol. The fourth-order valence-electron chi connectivity index (χ4n) is 5.19. The summed E-state index contributed by atoms with van der Waals surface area (Å²) < 4.78 is 0. The third-order valence-electron chi connectivity index (χ3n) is 5.87. The van der Waals surface area contributed by atoms with Gasteiger partial charge in [0.2, 0.25) is 0 Å². The summed E-state index contributed by atoms with van der Waals surface area (Å²) in [4.78, 5) is 0. The molecule has 0 radical (unpaired) electrons. The summed E-state index contributed by atoms with van der Waals surface area (Å²) >= 11 is 0. The Labute approximate surface area is 121 Å². The van der Waals surface area contributed by atoms with Crippen LogP contribution in [0.15, 0.2) is 24.8 Å². The molecular formula is C18H24N2. The normalized spacial score (nSPS) is 37.9. The molecule has 4 fully saturated rings. The molecule has 20 heavy (non-hydrogen) atoms. The van der Waals surface area contributed by atoms with Gasteiger partial charge in [0.1, 0.15) is 0 Å². The quantitative estimate of drug-likeness (QED) is 0.808. The summed E-state index contributed by atoms with van der Waals surface area (Å²) in [6.07, 6.45) is 9.17. The molecule has 4 saturated carbocycles. The highest BCUT2D eigenvalue weighted by atomic mass is 14.9. The molecule has 2 heteroatoms. The topological polar surface area (TPSA) is 38.0 Å². The highest BCUT2D eigenvalue weighted by molar-refractivity contribution is 5.68. The summed E-state index contributed by atoms with van der Waals surface area (Å²) in [6, 6.07) is 6.94. The summed E-state index contributed by atoms with van der Waals surface area (Å²) in [6.45, 7) is 3.84. The molecule has 0 heterocycles. The Morgan fingerprint density at radius 3 is 2.30 bits per heavy atom. The van der Waals surface area contributed by atoms with Gasteiger partial charge in [0.15, 0.2) is 0 Å². The van der Waals surface area contributed by atoms with E-state index in [4.69, 9.17) is 5.73 Å². The van der Waals surface area contributed by atoms with Crippen molar-refractivity contribution in [2.24, 2.45) is 23.7 Å². The van der Waals surface area contributed by atoms with Gasteiger partial charge in [-0.15, -0.1) is 0 Å². The van der Waals surface area contributed by atoms with Gasteiger partial charge < -0.3 is 11.1 Å². The summed E-state index contributed by atoms with van der Waals surface area (Å²) in [7, 11) is 0. The molecule has 0 unspecified atom stereocenters. The van der Waals surface area contributed by atoms with Gasteiger partial charge >= 0.3 is 0 Å². The van der Waals surface area contributed by atoms with Crippen molar-refractivity contribution in [1.82, 2.24) is 0 Å². The lowest BCUT2D eigenvalue weighted by atomic mass is 9.54. The zero-order valence-electron chi connectivity index (χ0n) is 12.0. The van der Waals surface area contributed by atoms with Crippen molar-refractivity contribution in [3.05, 3.63) is 30.3 Å². The number of nitrogens with two attached hydrogens (primary N) is 1. The Kier molecular flexibility index (Phi) is 2.80. The van der Waals surface area contributed by atoms with Gasteiger partial charge in [0.25, 0.3) is 0 Å². The highest BCUT2D eigenvalue weighted by Crippen LogP contribution is 2.54. The monoisotopic (exact) mass is 268 g/mol. The van der Waals surface area contributed by atoms with E-state index >= 15 is 0 Å². The van der Waals surface area contributed by atoms with Crippen LogP contribution in [0.4, 0.5) is 11.4 Å². The Bertz CT molecular complexity index is 506. The zero-order valence-corrected chi connectivity index (χ0v) is 12.0. The zero-order chi connectivity index (χ0) is 13.7. The van der Waals surface area contributed by atoms with E-state index in [1.165, 1.54) is 37.8 Å². The molecule has 3 N–H and O–H groups in total. The van der Waals surface area contributed by atoms with Crippen molar-refractivity contribution >= 4 is 17.5 Å². The van der Waals surface area contributed by atoms with Crippen LogP contribution in [0, 0.1) is 23.7 Å². The first-order valence-electron chi connectivity index (χ1n) is 8.01. The van der Waals surface area contributed by atoms with E-state index in [0.29, 0.717) is 6.04 Å². The minimum Gasteiger partial charge on any atom is -0.398 e. The highest BCUT2D eigenvalue weighted by Gasteiger charge is 2.48. The summed E-state index contributed by atoms with van der Waals surface area (Å²) in [5, 5.41) is 3.82. The smallest absolute Gasteiger partial charge is 0.0388 e. The minimum atomic E-state index is 0.684. The van der Waals surface area contributed by atoms with Gasteiger partial charge in [-0.1, -0.05) is 12.7 Å². The molecule has 0 saturated heterocycles. The lowest BCUT2D eigenvalue weighted by molar-refractivity contribution is 0.00754. The molecular weight excluding hydrogens is 244 g/mol. The van der Waals surface area contributed by atoms with Gasteiger partial charge in [-0.3, -0.25) is 0 Å². The maximum atomic E-state index is 5.95. The number of anilines is 2. The van der Waals surface area contributed by atoms with E-state index in [2.05, 4.69) is 24.0 Å². The summed E-state index contributed by atoms with van der Waals surface area (Å²) in [5.74, 6) is 3.86. The third kappa shape index (κ3) is 1.93. The first kappa shape index (κ1) is 12.3. The van der Waals surface area contributed by atoms with Crippen LogP contribution in [0.25, 0.3) is 6.08 Å². The number of hydrogen-bond donors (Lipinski definition) is 2. The molecule has 0 aromatic heterocycles. The van der Waals surface area contributed by atoms with E-state index < -0.39 is 0 Å². The van der Waals surface area contributed by atoms with Gasteiger partial charge in [-0.2, -0.15) is 0 Å². The molecule has 4 aliphatic rings. The van der Waals surface area contributed by atoms with Crippen LogP contribution >= 0.6 is 0 Å². The van der Waals surface area contributed by atoms with Crippen molar-refractivity contribution in [2.45, 2.75) is 38.1 Å². The third-order valence-corrected chi connectivity index (χ3v) is 5.87. The van der Waals surface area contributed by atoms with Crippen molar-refractivity contribution in [3.8, 4) is 0 Å². The molecule has 0 spiro atoms. The molecule has 1 aromatic rings. The average Bonchev–Trinajstić information content (AvgIpc) is 2.44. The van der Waals surface area contributed by atoms with Crippen LogP contribution in [0.3, 0.4) is 0 Å². The first-order valence-corrected chi connectivity index (χ1v) is 8.01. The average molecular weight is 268 g/mol. The second kappa shape index (κ2) is 4.54. The molecule has 4 bridgehead atoms. The number of hydrogen-bond acceptors (Lipinski definition) is 2. The van der Waals surface area contributed by atoms with Crippen LogP contribution in [-0.2, 0) is 0 Å². The first-order chi connectivity index (χ1) is 9.72. The van der Waals surface area contributed by atoms with Crippen LogP contribution in [0.2, 0.25) is 0 Å².